The topological polar surface area (TPSA) is 76.0 Å². The summed E-state index contributed by atoms with van der Waals surface area (Å²) in [6.45, 7) is 1.78. The second-order valence-corrected chi connectivity index (χ2v) is 4.81. The summed E-state index contributed by atoms with van der Waals surface area (Å²) in [5.74, 6) is 0. The van der Waals surface area contributed by atoms with Gasteiger partial charge in [0.05, 0.1) is 0 Å². The average Bonchev–Trinajstić information content (AvgIpc) is 2.25. The van der Waals surface area contributed by atoms with Crippen LogP contribution in [0.5, 0.6) is 0 Å². The van der Waals surface area contributed by atoms with E-state index in [0.717, 1.165) is 0 Å². The molecule has 1 aromatic carbocycles. The van der Waals surface area contributed by atoms with Crippen molar-refractivity contribution in [2.75, 3.05) is 13.7 Å². The van der Waals surface area contributed by atoms with Gasteiger partial charge in [0.2, 0.25) is 0 Å². The summed E-state index contributed by atoms with van der Waals surface area (Å²) >= 11 is 0. The standard InChI is InChI=1S/C10H15O5P/c1-3-15-10(14-2,16(11,12)13)9-7-5-4-6-8-9/h4-8H,3H2,1-2H3,(H2,11,12,13). The van der Waals surface area contributed by atoms with Crippen LogP contribution in [-0.4, -0.2) is 23.5 Å². The maximum Gasteiger partial charge on any atom is 0.389 e. The van der Waals surface area contributed by atoms with Crippen LogP contribution < -0.4 is 0 Å². The summed E-state index contributed by atoms with van der Waals surface area (Å²) in [5, 5.41) is 0. The van der Waals surface area contributed by atoms with Crippen molar-refractivity contribution in [1.82, 2.24) is 0 Å². The van der Waals surface area contributed by atoms with Crippen molar-refractivity contribution in [2.45, 2.75) is 12.5 Å². The lowest BCUT2D eigenvalue weighted by atomic mass is 10.2. The van der Waals surface area contributed by atoms with Crippen LogP contribution >= 0.6 is 7.60 Å². The summed E-state index contributed by atoms with van der Waals surface area (Å²) in [7, 11) is -3.38. The molecule has 0 aliphatic heterocycles. The van der Waals surface area contributed by atoms with Gasteiger partial charge in [-0.1, -0.05) is 30.3 Å². The molecule has 0 radical (unpaired) electrons. The molecule has 0 saturated carbocycles. The highest BCUT2D eigenvalue weighted by Crippen LogP contribution is 2.58. The van der Waals surface area contributed by atoms with E-state index >= 15 is 0 Å². The van der Waals surface area contributed by atoms with E-state index in [-0.39, 0.29) is 6.61 Å². The second kappa shape index (κ2) is 5.08. The van der Waals surface area contributed by atoms with Gasteiger partial charge in [-0.3, -0.25) is 4.57 Å². The molecule has 5 nitrogen and oxygen atoms in total. The van der Waals surface area contributed by atoms with Gasteiger partial charge in [-0.15, -0.1) is 0 Å². The molecule has 6 heteroatoms. The lowest BCUT2D eigenvalue weighted by Gasteiger charge is -2.32. The molecule has 0 spiro atoms. The first-order valence-electron chi connectivity index (χ1n) is 4.78. The maximum absolute atomic E-state index is 11.5. The molecule has 0 heterocycles. The Morgan fingerprint density at radius 2 is 1.88 bits per heavy atom. The zero-order chi connectivity index (χ0) is 12.2. The molecule has 1 aromatic rings. The van der Waals surface area contributed by atoms with Gasteiger partial charge in [0.1, 0.15) is 0 Å². The van der Waals surface area contributed by atoms with E-state index in [2.05, 4.69) is 0 Å². The van der Waals surface area contributed by atoms with E-state index in [1.54, 1.807) is 37.3 Å². The van der Waals surface area contributed by atoms with Crippen LogP contribution in [0.1, 0.15) is 12.5 Å². The van der Waals surface area contributed by atoms with E-state index < -0.39 is 13.1 Å². The predicted molar refractivity (Wildman–Crippen MR) is 58.8 cm³/mol. The summed E-state index contributed by atoms with van der Waals surface area (Å²) in [5.41, 5.74) is -1.71. The molecule has 0 aliphatic rings. The fourth-order valence-electron chi connectivity index (χ4n) is 1.48. The first-order chi connectivity index (χ1) is 7.48. The van der Waals surface area contributed by atoms with Gasteiger partial charge in [0.15, 0.2) is 0 Å². The Hall–Kier alpha value is -0.710. The molecule has 0 amide bonds. The number of hydrogen-bond acceptors (Lipinski definition) is 3. The van der Waals surface area contributed by atoms with Crippen molar-refractivity contribution in [2.24, 2.45) is 0 Å². The van der Waals surface area contributed by atoms with E-state index in [4.69, 9.17) is 9.47 Å². The zero-order valence-corrected chi connectivity index (χ0v) is 10.1. The molecule has 1 unspecified atom stereocenters. The summed E-state index contributed by atoms with van der Waals surface area (Å²) in [6.07, 6.45) is 0. The smallest absolute Gasteiger partial charge is 0.340 e. The van der Waals surface area contributed by atoms with Crippen molar-refractivity contribution in [3.63, 3.8) is 0 Å². The Labute approximate surface area is 94.2 Å². The summed E-state index contributed by atoms with van der Waals surface area (Å²) < 4.78 is 21.6. The highest BCUT2D eigenvalue weighted by molar-refractivity contribution is 7.52. The Kier molecular flexibility index (Phi) is 4.24. The van der Waals surface area contributed by atoms with E-state index in [0.29, 0.717) is 5.56 Å². The average molecular weight is 246 g/mol. The number of ether oxygens (including phenoxy) is 2. The Morgan fingerprint density at radius 1 is 1.31 bits per heavy atom. The van der Waals surface area contributed by atoms with Crippen LogP contribution in [-0.2, 0) is 19.6 Å². The van der Waals surface area contributed by atoms with Gasteiger partial charge < -0.3 is 19.3 Å². The number of rotatable bonds is 5. The van der Waals surface area contributed by atoms with Gasteiger partial charge >= 0.3 is 7.60 Å². The first-order valence-corrected chi connectivity index (χ1v) is 6.39. The third kappa shape index (κ3) is 2.34. The molecule has 0 bridgehead atoms. The van der Waals surface area contributed by atoms with Gasteiger partial charge in [-0.2, -0.15) is 0 Å². The van der Waals surface area contributed by atoms with Crippen molar-refractivity contribution >= 4 is 7.60 Å². The van der Waals surface area contributed by atoms with Crippen LogP contribution in [0.2, 0.25) is 0 Å². The number of methoxy groups -OCH3 is 1. The molecule has 0 aliphatic carbocycles. The van der Waals surface area contributed by atoms with Gasteiger partial charge in [-0.25, -0.2) is 0 Å². The van der Waals surface area contributed by atoms with Gasteiger partial charge in [0.25, 0.3) is 5.53 Å². The fourth-order valence-corrected chi connectivity index (χ4v) is 2.50. The maximum atomic E-state index is 11.5. The zero-order valence-electron chi connectivity index (χ0n) is 9.16. The quantitative estimate of drug-likeness (QED) is 0.610. The third-order valence-corrected chi connectivity index (χ3v) is 3.48. The Morgan fingerprint density at radius 3 is 2.25 bits per heavy atom. The highest BCUT2D eigenvalue weighted by Gasteiger charge is 2.50. The lowest BCUT2D eigenvalue weighted by Crippen LogP contribution is -2.32. The van der Waals surface area contributed by atoms with Crippen LogP contribution in [0.4, 0.5) is 0 Å². The molecule has 16 heavy (non-hydrogen) atoms. The molecule has 0 saturated heterocycles. The van der Waals surface area contributed by atoms with Gasteiger partial charge in [0, 0.05) is 19.3 Å². The molecule has 2 N–H and O–H groups in total. The Balaban J connectivity index is 3.29. The fraction of sp³-hybridized carbons (Fsp3) is 0.400. The van der Waals surface area contributed by atoms with Crippen molar-refractivity contribution in [3.05, 3.63) is 35.9 Å². The second-order valence-electron chi connectivity index (χ2n) is 3.13. The van der Waals surface area contributed by atoms with Crippen molar-refractivity contribution in [1.29, 1.82) is 0 Å². The van der Waals surface area contributed by atoms with Gasteiger partial charge in [-0.05, 0) is 6.92 Å². The van der Waals surface area contributed by atoms with E-state index in [1.165, 1.54) is 7.11 Å². The lowest BCUT2D eigenvalue weighted by molar-refractivity contribution is -0.178. The normalized spacial score (nSPS) is 15.8. The highest BCUT2D eigenvalue weighted by atomic mass is 31.2. The summed E-state index contributed by atoms with van der Waals surface area (Å²) in [6, 6.07) is 8.18. The SMILES string of the molecule is CCOC(OC)(c1ccccc1)P(=O)(O)O. The summed E-state index contributed by atoms with van der Waals surface area (Å²) in [4.78, 5) is 18.7. The number of benzene rings is 1. The van der Waals surface area contributed by atoms with Crippen LogP contribution in [0.25, 0.3) is 0 Å². The molecular weight excluding hydrogens is 231 g/mol. The van der Waals surface area contributed by atoms with E-state index in [9.17, 15) is 14.4 Å². The minimum atomic E-state index is -4.59. The minimum Gasteiger partial charge on any atom is -0.340 e. The van der Waals surface area contributed by atoms with E-state index in [1.807, 2.05) is 0 Å². The van der Waals surface area contributed by atoms with Crippen LogP contribution in [0.3, 0.4) is 0 Å². The van der Waals surface area contributed by atoms with Crippen molar-refractivity contribution < 1.29 is 23.8 Å². The monoisotopic (exact) mass is 246 g/mol. The minimum absolute atomic E-state index is 0.133. The molecule has 1 rings (SSSR count). The van der Waals surface area contributed by atoms with Crippen molar-refractivity contribution in [3.8, 4) is 0 Å². The predicted octanol–water partition coefficient (Wildman–Crippen LogP) is 1.66. The molecule has 90 valence electrons. The molecule has 0 aromatic heterocycles. The Bertz CT molecular complexity index is 374. The first kappa shape index (κ1) is 13.4. The largest absolute Gasteiger partial charge is 0.389 e. The number of hydrogen-bond donors (Lipinski definition) is 2. The third-order valence-electron chi connectivity index (χ3n) is 2.14. The van der Waals surface area contributed by atoms with Crippen LogP contribution in [0.15, 0.2) is 30.3 Å². The van der Waals surface area contributed by atoms with Crippen LogP contribution in [0, 0.1) is 0 Å². The molecule has 1 atom stereocenters. The molecule has 0 fully saturated rings. The molecular formula is C10H15O5P.